The zero-order valence-corrected chi connectivity index (χ0v) is 11.9. The minimum Gasteiger partial charge on any atom is -0.465 e. The Hall–Kier alpha value is -2.70. The van der Waals surface area contributed by atoms with Crippen molar-refractivity contribution in [2.24, 2.45) is 0 Å². The van der Waals surface area contributed by atoms with Crippen LogP contribution in [0.5, 0.6) is 5.75 Å². The zero-order valence-electron chi connectivity index (χ0n) is 11.9. The van der Waals surface area contributed by atoms with E-state index in [2.05, 4.69) is 9.47 Å². The van der Waals surface area contributed by atoms with Gasteiger partial charge in [0.25, 0.3) is 6.17 Å². The van der Waals surface area contributed by atoms with Gasteiger partial charge in [-0.05, 0) is 23.8 Å². The topological polar surface area (TPSA) is 59.3 Å². The monoisotopic (exact) mass is 353 g/mol. The Balaban J connectivity index is 2.95. The number of nitrogens with zero attached hydrogens (tertiary/aromatic N) is 1. The van der Waals surface area contributed by atoms with Crippen molar-refractivity contribution < 1.29 is 40.6 Å². The van der Waals surface area contributed by atoms with Gasteiger partial charge in [0.2, 0.25) is 0 Å². The molecule has 0 aliphatic carbocycles. The van der Waals surface area contributed by atoms with Crippen LogP contribution in [0.2, 0.25) is 0 Å². The van der Waals surface area contributed by atoms with Gasteiger partial charge in [-0.25, -0.2) is 9.18 Å². The summed E-state index contributed by atoms with van der Waals surface area (Å²) < 4.78 is 82.9. The van der Waals surface area contributed by atoms with Crippen molar-refractivity contribution in [1.29, 1.82) is 5.26 Å². The zero-order chi connectivity index (χ0) is 18.5. The number of hydrogen-bond acceptors (Lipinski definition) is 4. The molecule has 0 heterocycles. The highest BCUT2D eigenvalue weighted by molar-refractivity contribution is 5.97. The lowest BCUT2D eigenvalue weighted by Gasteiger charge is -2.23. The van der Waals surface area contributed by atoms with Crippen LogP contribution in [-0.4, -0.2) is 31.5 Å². The van der Waals surface area contributed by atoms with Crippen LogP contribution in [-0.2, 0) is 9.53 Å². The molecule has 0 spiro atoms. The van der Waals surface area contributed by atoms with Crippen LogP contribution in [0.25, 0.3) is 6.08 Å². The number of ether oxygens (including phenoxy) is 2. The normalized spacial score (nSPS) is 13.8. The molecule has 0 aliphatic rings. The fraction of sp³-hybridized carbons (Fsp3) is 0.286. The SMILES string of the molecule is COC(=O)C(C#N)=Cc1ccc(OC(F)(F)C(F)C(F)(F)F)cc1. The first kappa shape index (κ1) is 19.3. The minimum absolute atomic E-state index is 0.181. The molecule has 24 heavy (non-hydrogen) atoms. The van der Waals surface area contributed by atoms with E-state index in [0.29, 0.717) is 0 Å². The molecule has 0 radical (unpaired) electrons. The van der Waals surface area contributed by atoms with E-state index in [-0.39, 0.29) is 5.56 Å². The molecule has 4 nitrogen and oxygen atoms in total. The van der Waals surface area contributed by atoms with E-state index in [1.54, 1.807) is 6.07 Å². The van der Waals surface area contributed by atoms with Gasteiger partial charge in [-0.15, -0.1) is 0 Å². The number of carbonyl (C=O) groups excluding carboxylic acids is 1. The number of esters is 1. The van der Waals surface area contributed by atoms with Gasteiger partial charge >= 0.3 is 18.3 Å². The summed E-state index contributed by atoms with van der Waals surface area (Å²) >= 11 is 0. The molecule has 0 fully saturated rings. The Morgan fingerprint density at radius 1 is 1.21 bits per heavy atom. The van der Waals surface area contributed by atoms with E-state index in [1.807, 2.05) is 0 Å². The summed E-state index contributed by atoms with van der Waals surface area (Å²) in [6.45, 7) is 0. The molecule has 0 amide bonds. The Morgan fingerprint density at radius 3 is 2.17 bits per heavy atom. The maximum atomic E-state index is 13.1. The average Bonchev–Trinajstić information content (AvgIpc) is 2.51. The third-order valence-corrected chi connectivity index (χ3v) is 2.55. The fourth-order valence-corrected chi connectivity index (χ4v) is 1.44. The second-order valence-corrected chi connectivity index (χ2v) is 4.30. The maximum Gasteiger partial charge on any atom is 0.439 e. The smallest absolute Gasteiger partial charge is 0.439 e. The van der Waals surface area contributed by atoms with Crippen LogP contribution < -0.4 is 4.74 Å². The van der Waals surface area contributed by atoms with Crippen molar-refractivity contribution in [2.75, 3.05) is 7.11 Å². The first-order chi connectivity index (χ1) is 11.0. The van der Waals surface area contributed by atoms with Crippen LogP contribution in [0.3, 0.4) is 0 Å². The van der Waals surface area contributed by atoms with E-state index in [4.69, 9.17) is 5.26 Å². The lowest BCUT2D eigenvalue weighted by atomic mass is 10.1. The van der Waals surface area contributed by atoms with Gasteiger partial charge in [-0.1, -0.05) is 12.1 Å². The summed E-state index contributed by atoms with van der Waals surface area (Å²) in [7, 11) is 1.04. The summed E-state index contributed by atoms with van der Waals surface area (Å²) in [6, 6.07) is 5.36. The van der Waals surface area contributed by atoms with E-state index in [1.165, 1.54) is 0 Å². The van der Waals surface area contributed by atoms with Crippen LogP contribution in [0.1, 0.15) is 5.56 Å². The van der Waals surface area contributed by atoms with Crippen molar-refractivity contribution in [3.63, 3.8) is 0 Å². The molecule has 0 bridgehead atoms. The number of alkyl halides is 6. The predicted molar refractivity (Wildman–Crippen MR) is 68.6 cm³/mol. The Labute approximate surface area is 131 Å². The van der Waals surface area contributed by atoms with Gasteiger partial charge in [-0.3, -0.25) is 0 Å². The molecule has 10 heteroatoms. The summed E-state index contributed by atoms with van der Waals surface area (Å²) in [5.41, 5.74) is -0.211. The number of carbonyl (C=O) groups is 1. The molecule has 1 atom stereocenters. The highest BCUT2D eigenvalue weighted by Gasteiger charge is 2.59. The lowest BCUT2D eigenvalue weighted by molar-refractivity contribution is -0.304. The highest BCUT2D eigenvalue weighted by Crippen LogP contribution is 2.36. The quantitative estimate of drug-likeness (QED) is 0.351. The maximum absolute atomic E-state index is 13.1. The Bertz CT molecular complexity index is 661. The summed E-state index contributed by atoms with van der Waals surface area (Å²) in [4.78, 5) is 11.2. The van der Waals surface area contributed by atoms with Crippen molar-refractivity contribution >= 4 is 12.0 Å². The van der Waals surface area contributed by atoms with Crippen LogP contribution in [0, 0.1) is 11.3 Å². The summed E-state index contributed by atoms with van der Waals surface area (Å²) in [6.07, 6.45) is -14.3. The molecule has 1 aromatic carbocycles. The molecule has 130 valence electrons. The van der Waals surface area contributed by atoms with Crippen molar-refractivity contribution in [3.05, 3.63) is 35.4 Å². The number of nitriles is 1. The first-order valence-electron chi connectivity index (χ1n) is 6.09. The van der Waals surface area contributed by atoms with Gasteiger partial charge in [0.15, 0.2) is 0 Å². The van der Waals surface area contributed by atoms with E-state index in [0.717, 1.165) is 37.5 Å². The van der Waals surface area contributed by atoms with Gasteiger partial charge in [0.1, 0.15) is 17.4 Å². The van der Waals surface area contributed by atoms with Gasteiger partial charge in [0, 0.05) is 0 Å². The second-order valence-electron chi connectivity index (χ2n) is 4.30. The molecule has 0 N–H and O–H groups in total. The summed E-state index contributed by atoms with van der Waals surface area (Å²) in [5, 5.41) is 8.74. The van der Waals surface area contributed by atoms with Crippen LogP contribution >= 0.6 is 0 Å². The minimum atomic E-state index is -5.78. The summed E-state index contributed by atoms with van der Waals surface area (Å²) in [5.74, 6) is -1.67. The van der Waals surface area contributed by atoms with Crippen LogP contribution in [0.4, 0.5) is 26.3 Å². The van der Waals surface area contributed by atoms with Crippen molar-refractivity contribution in [2.45, 2.75) is 18.5 Å². The third-order valence-electron chi connectivity index (χ3n) is 2.55. The molecule has 1 unspecified atom stereocenters. The number of hydrogen-bond donors (Lipinski definition) is 0. The number of halogens is 6. The van der Waals surface area contributed by atoms with Crippen LogP contribution in [0.15, 0.2) is 29.8 Å². The van der Waals surface area contributed by atoms with Crippen molar-refractivity contribution in [1.82, 2.24) is 0 Å². The molecule has 0 aliphatic heterocycles. The molecule has 1 rings (SSSR count). The van der Waals surface area contributed by atoms with Gasteiger partial charge in [-0.2, -0.15) is 27.2 Å². The number of benzene rings is 1. The van der Waals surface area contributed by atoms with E-state index < -0.39 is 35.7 Å². The third kappa shape index (κ3) is 4.91. The van der Waals surface area contributed by atoms with Gasteiger partial charge < -0.3 is 9.47 Å². The predicted octanol–water partition coefficient (Wildman–Crippen LogP) is 3.64. The molecule has 1 aromatic rings. The van der Waals surface area contributed by atoms with E-state index in [9.17, 15) is 31.1 Å². The van der Waals surface area contributed by atoms with Gasteiger partial charge in [0.05, 0.1) is 7.11 Å². The molecule has 0 saturated carbocycles. The van der Waals surface area contributed by atoms with E-state index >= 15 is 0 Å². The fourth-order valence-electron chi connectivity index (χ4n) is 1.44. The first-order valence-corrected chi connectivity index (χ1v) is 6.09. The Kier molecular flexibility index (Phi) is 5.84. The second kappa shape index (κ2) is 7.25. The molecular formula is C14H9F6NO3. The largest absolute Gasteiger partial charge is 0.465 e. The lowest BCUT2D eigenvalue weighted by Crippen LogP contribution is -2.45. The molecule has 0 aromatic heterocycles. The molecular weight excluding hydrogens is 344 g/mol. The highest BCUT2D eigenvalue weighted by atomic mass is 19.4. The average molecular weight is 353 g/mol. The Morgan fingerprint density at radius 2 is 1.75 bits per heavy atom. The van der Waals surface area contributed by atoms with Crippen molar-refractivity contribution in [3.8, 4) is 11.8 Å². The standard InChI is InChI=1S/C14H9F6NO3/c1-23-11(22)9(7-21)6-8-2-4-10(5-3-8)24-14(19,20)12(15)13(16,17)18/h2-6,12H,1H3. The number of rotatable bonds is 5. The molecule has 0 saturated heterocycles. The number of methoxy groups -OCH3 is 1.